The Morgan fingerprint density at radius 3 is 2.30 bits per heavy atom. The van der Waals surface area contributed by atoms with E-state index in [1.54, 1.807) is 7.11 Å². The SMILES string of the molecule is COc1cc(B2OC(C)(C)C(C)(C)O2)c(C2CC2)cn1. The molecule has 0 atom stereocenters. The Kier molecular flexibility index (Phi) is 3.10. The number of aromatic nitrogens is 1. The van der Waals surface area contributed by atoms with Gasteiger partial charge in [0.1, 0.15) is 0 Å². The lowest BCUT2D eigenvalue weighted by atomic mass is 9.75. The Morgan fingerprint density at radius 2 is 1.80 bits per heavy atom. The number of hydrogen-bond donors (Lipinski definition) is 0. The first kappa shape index (κ1) is 13.9. The number of ether oxygens (including phenoxy) is 1. The van der Waals surface area contributed by atoms with E-state index in [2.05, 4.69) is 32.7 Å². The number of methoxy groups -OCH3 is 1. The molecule has 1 aliphatic carbocycles. The van der Waals surface area contributed by atoms with Crippen molar-refractivity contribution in [1.29, 1.82) is 0 Å². The molecule has 0 amide bonds. The Labute approximate surface area is 121 Å². The Balaban J connectivity index is 1.97. The van der Waals surface area contributed by atoms with Crippen molar-refractivity contribution >= 4 is 12.6 Å². The zero-order chi connectivity index (χ0) is 14.5. The third-order valence-corrected chi connectivity index (χ3v) is 4.68. The Hall–Kier alpha value is -1.07. The molecule has 108 valence electrons. The van der Waals surface area contributed by atoms with Crippen LogP contribution < -0.4 is 10.2 Å². The molecule has 2 fully saturated rings. The van der Waals surface area contributed by atoms with E-state index in [-0.39, 0.29) is 18.3 Å². The summed E-state index contributed by atoms with van der Waals surface area (Å²) in [7, 11) is 1.29. The van der Waals surface area contributed by atoms with E-state index in [0.29, 0.717) is 11.8 Å². The molecule has 1 aliphatic heterocycles. The average molecular weight is 275 g/mol. The molecule has 0 N–H and O–H groups in total. The van der Waals surface area contributed by atoms with Gasteiger partial charge in [0.05, 0.1) is 18.3 Å². The van der Waals surface area contributed by atoms with E-state index >= 15 is 0 Å². The van der Waals surface area contributed by atoms with Gasteiger partial charge in [-0.25, -0.2) is 4.98 Å². The largest absolute Gasteiger partial charge is 0.495 e. The molecule has 0 radical (unpaired) electrons. The summed E-state index contributed by atoms with van der Waals surface area (Å²) in [5.41, 5.74) is 1.66. The van der Waals surface area contributed by atoms with Crippen molar-refractivity contribution in [2.75, 3.05) is 7.11 Å². The van der Waals surface area contributed by atoms with E-state index < -0.39 is 0 Å². The first-order chi connectivity index (χ1) is 9.34. The molecule has 0 spiro atoms. The molecule has 1 aromatic rings. The van der Waals surface area contributed by atoms with Crippen molar-refractivity contribution < 1.29 is 14.0 Å². The minimum Gasteiger partial charge on any atom is -0.481 e. The predicted octanol–water partition coefficient (Wildman–Crippen LogP) is 2.27. The highest BCUT2D eigenvalue weighted by molar-refractivity contribution is 6.62. The highest BCUT2D eigenvalue weighted by Gasteiger charge is 2.52. The van der Waals surface area contributed by atoms with Gasteiger partial charge in [-0.3, -0.25) is 0 Å². The molecule has 1 saturated carbocycles. The van der Waals surface area contributed by atoms with E-state index in [1.165, 1.54) is 18.4 Å². The fourth-order valence-electron chi connectivity index (χ4n) is 2.48. The van der Waals surface area contributed by atoms with Crippen LogP contribution in [0.15, 0.2) is 12.3 Å². The molecular weight excluding hydrogens is 253 g/mol. The molecule has 2 aliphatic rings. The summed E-state index contributed by atoms with van der Waals surface area (Å²) in [5.74, 6) is 1.21. The van der Waals surface area contributed by atoms with Crippen LogP contribution in [0.3, 0.4) is 0 Å². The number of hydrogen-bond acceptors (Lipinski definition) is 4. The molecule has 1 saturated heterocycles. The molecular formula is C15H22BNO3. The van der Waals surface area contributed by atoms with Gasteiger partial charge in [0.25, 0.3) is 0 Å². The third kappa shape index (κ3) is 2.23. The summed E-state index contributed by atoms with van der Waals surface area (Å²) in [6.07, 6.45) is 4.36. The molecule has 2 heterocycles. The first-order valence-corrected chi connectivity index (χ1v) is 7.23. The van der Waals surface area contributed by atoms with Gasteiger partial charge in [-0.1, -0.05) is 0 Å². The van der Waals surface area contributed by atoms with Gasteiger partial charge in [-0.15, -0.1) is 0 Å². The fraction of sp³-hybridized carbons (Fsp3) is 0.667. The van der Waals surface area contributed by atoms with E-state index in [0.717, 1.165) is 5.46 Å². The van der Waals surface area contributed by atoms with Gasteiger partial charge in [0.15, 0.2) is 0 Å². The van der Waals surface area contributed by atoms with Crippen molar-refractivity contribution in [2.45, 2.75) is 57.7 Å². The van der Waals surface area contributed by atoms with Crippen molar-refractivity contribution in [3.8, 4) is 5.88 Å². The van der Waals surface area contributed by atoms with Gasteiger partial charge in [-0.05, 0) is 57.5 Å². The standard InChI is InChI=1S/C15H22BNO3/c1-14(2)15(3,4)20-16(19-14)12-8-13(18-5)17-9-11(12)10-6-7-10/h8-10H,6-7H2,1-5H3. The summed E-state index contributed by atoms with van der Waals surface area (Å²) in [5, 5.41) is 0. The first-order valence-electron chi connectivity index (χ1n) is 7.23. The predicted molar refractivity (Wildman–Crippen MR) is 78.5 cm³/mol. The van der Waals surface area contributed by atoms with Crippen molar-refractivity contribution in [3.63, 3.8) is 0 Å². The molecule has 20 heavy (non-hydrogen) atoms. The van der Waals surface area contributed by atoms with Gasteiger partial charge >= 0.3 is 7.12 Å². The zero-order valence-electron chi connectivity index (χ0n) is 12.9. The molecule has 5 heteroatoms. The zero-order valence-corrected chi connectivity index (χ0v) is 12.9. The molecule has 0 aromatic carbocycles. The van der Waals surface area contributed by atoms with Crippen LogP contribution in [0, 0.1) is 0 Å². The molecule has 4 nitrogen and oxygen atoms in total. The maximum atomic E-state index is 6.16. The van der Waals surface area contributed by atoms with Crippen LogP contribution in [0.25, 0.3) is 0 Å². The van der Waals surface area contributed by atoms with Gasteiger partial charge in [-0.2, -0.15) is 0 Å². The summed E-state index contributed by atoms with van der Waals surface area (Å²) in [6, 6.07) is 1.95. The van der Waals surface area contributed by atoms with Crippen LogP contribution >= 0.6 is 0 Å². The van der Waals surface area contributed by atoms with Crippen molar-refractivity contribution in [1.82, 2.24) is 4.98 Å². The summed E-state index contributed by atoms with van der Waals surface area (Å²) < 4.78 is 17.6. The highest BCUT2D eigenvalue weighted by atomic mass is 16.7. The molecule has 0 unspecified atom stereocenters. The Morgan fingerprint density at radius 1 is 1.20 bits per heavy atom. The maximum absolute atomic E-state index is 6.16. The van der Waals surface area contributed by atoms with E-state index in [4.69, 9.17) is 14.0 Å². The normalized spacial score (nSPS) is 23.9. The van der Waals surface area contributed by atoms with Crippen LogP contribution in [0.1, 0.15) is 52.0 Å². The van der Waals surface area contributed by atoms with E-state index in [9.17, 15) is 0 Å². The summed E-state index contributed by atoms with van der Waals surface area (Å²) >= 11 is 0. The monoisotopic (exact) mass is 275 g/mol. The van der Waals surface area contributed by atoms with Crippen LogP contribution in [0.5, 0.6) is 5.88 Å². The van der Waals surface area contributed by atoms with E-state index in [1.807, 2.05) is 12.3 Å². The van der Waals surface area contributed by atoms with Crippen LogP contribution in [-0.4, -0.2) is 30.4 Å². The van der Waals surface area contributed by atoms with Gasteiger partial charge in [0, 0.05) is 12.3 Å². The third-order valence-electron chi connectivity index (χ3n) is 4.68. The molecule has 1 aromatic heterocycles. The topological polar surface area (TPSA) is 40.6 Å². The van der Waals surface area contributed by atoms with Crippen molar-refractivity contribution in [3.05, 3.63) is 17.8 Å². The molecule has 3 rings (SSSR count). The second-order valence-electron chi connectivity index (χ2n) is 6.72. The number of pyridine rings is 1. The highest BCUT2D eigenvalue weighted by Crippen LogP contribution is 2.41. The second kappa shape index (κ2) is 4.47. The second-order valence-corrected chi connectivity index (χ2v) is 6.72. The quantitative estimate of drug-likeness (QED) is 0.793. The van der Waals surface area contributed by atoms with Gasteiger partial charge < -0.3 is 14.0 Å². The lowest BCUT2D eigenvalue weighted by Gasteiger charge is -2.32. The summed E-state index contributed by atoms with van der Waals surface area (Å²) in [6.45, 7) is 8.29. The fourth-order valence-corrected chi connectivity index (χ4v) is 2.48. The lowest BCUT2D eigenvalue weighted by molar-refractivity contribution is 0.00578. The number of nitrogens with zero attached hydrogens (tertiary/aromatic N) is 1. The van der Waals surface area contributed by atoms with Gasteiger partial charge in [0.2, 0.25) is 5.88 Å². The minimum atomic E-state index is -0.340. The van der Waals surface area contributed by atoms with Crippen LogP contribution in [-0.2, 0) is 9.31 Å². The average Bonchev–Trinajstić information content (AvgIpc) is 3.17. The maximum Gasteiger partial charge on any atom is 0.495 e. The smallest absolute Gasteiger partial charge is 0.481 e. The minimum absolute atomic E-state index is 0.324. The van der Waals surface area contributed by atoms with Crippen molar-refractivity contribution in [2.24, 2.45) is 0 Å². The summed E-state index contributed by atoms with van der Waals surface area (Å²) in [4.78, 5) is 4.33. The lowest BCUT2D eigenvalue weighted by Crippen LogP contribution is -2.41. The number of rotatable bonds is 3. The van der Waals surface area contributed by atoms with Crippen LogP contribution in [0.2, 0.25) is 0 Å². The Bertz CT molecular complexity index is 510. The van der Waals surface area contributed by atoms with Crippen LogP contribution in [0.4, 0.5) is 0 Å². The molecule has 0 bridgehead atoms.